The molecule has 2 amide bonds. The molecule has 1 fully saturated rings. The number of carbonyl (C=O) groups is 2. The Bertz CT molecular complexity index is 1060. The predicted molar refractivity (Wildman–Crippen MR) is 122 cm³/mol. The molecule has 1 aliphatic rings. The van der Waals surface area contributed by atoms with Crippen molar-refractivity contribution < 1.29 is 22.7 Å². The van der Waals surface area contributed by atoms with Gasteiger partial charge in [-0.1, -0.05) is 18.9 Å². The van der Waals surface area contributed by atoms with Crippen LogP contribution in [0.15, 0.2) is 47.4 Å². The van der Waals surface area contributed by atoms with Crippen LogP contribution in [0, 0.1) is 12.8 Å². The number of benzene rings is 2. The lowest BCUT2D eigenvalue weighted by Crippen LogP contribution is -2.34. The van der Waals surface area contributed by atoms with Crippen LogP contribution in [-0.4, -0.2) is 40.4 Å². The first-order valence-corrected chi connectivity index (χ1v) is 12.1. The van der Waals surface area contributed by atoms with Crippen LogP contribution in [0.5, 0.6) is 5.75 Å². The first-order chi connectivity index (χ1) is 15.3. The normalized spacial score (nSPS) is 14.2. The van der Waals surface area contributed by atoms with Crippen molar-refractivity contribution in [2.45, 2.75) is 37.5 Å². The summed E-state index contributed by atoms with van der Waals surface area (Å²) in [5, 5.41) is 5.57. The highest BCUT2D eigenvalue weighted by molar-refractivity contribution is 7.89. The van der Waals surface area contributed by atoms with E-state index in [1.807, 2.05) is 6.92 Å². The predicted octanol–water partition coefficient (Wildman–Crippen LogP) is 2.84. The maximum Gasteiger partial charge on any atom is 0.251 e. The lowest BCUT2D eigenvalue weighted by molar-refractivity contribution is -0.119. The van der Waals surface area contributed by atoms with E-state index in [4.69, 9.17) is 4.74 Å². The zero-order chi connectivity index (χ0) is 23.1. The van der Waals surface area contributed by atoms with Crippen LogP contribution in [0.2, 0.25) is 0 Å². The number of aryl methyl sites for hydroxylation is 1. The average molecular weight is 460 g/mol. The van der Waals surface area contributed by atoms with Gasteiger partial charge in [0, 0.05) is 30.3 Å². The van der Waals surface area contributed by atoms with Gasteiger partial charge < -0.3 is 15.4 Å². The number of rotatable bonds is 9. The highest BCUT2D eigenvalue weighted by Crippen LogP contribution is 2.26. The van der Waals surface area contributed by atoms with Crippen molar-refractivity contribution in [1.82, 2.24) is 10.0 Å². The molecule has 0 aliphatic heterocycles. The maximum absolute atomic E-state index is 12.5. The summed E-state index contributed by atoms with van der Waals surface area (Å²) in [6, 6.07) is 11.5. The number of nitrogens with one attached hydrogen (secondary N) is 3. The van der Waals surface area contributed by atoms with Gasteiger partial charge in [-0.2, -0.15) is 0 Å². The van der Waals surface area contributed by atoms with Crippen LogP contribution in [0.3, 0.4) is 0 Å². The van der Waals surface area contributed by atoms with Gasteiger partial charge in [-0.25, -0.2) is 13.1 Å². The highest BCUT2D eigenvalue weighted by Gasteiger charge is 2.22. The van der Waals surface area contributed by atoms with E-state index in [2.05, 4.69) is 15.4 Å². The smallest absolute Gasteiger partial charge is 0.251 e. The molecule has 2 aromatic carbocycles. The maximum atomic E-state index is 12.5. The fraction of sp³-hybridized carbons (Fsp3) is 0.391. The molecule has 8 nitrogen and oxygen atoms in total. The van der Waals surface area contributed by atoms with E-state index < -0.39 is 10.0 Å². The summed E-state index contributed by atoms with van der Waals surface area (Å²) >= 11 is 0. The Hall–Kier alpha value is -2.91. The first kappa shape index (κ1) is 23.7. The quantitative estimate of drug-likeness (QED) is 0.499. The van der Waals surface area contributed by atoms with Crippen LogP contribution in [-0.2, 0) is 14.8 Å². The van der Waals surface area contributed by atoms with Gasteiger partial charge in [-0.15, -0.1) is 0 Å². The fourth-order valence-electron chi connectivity index (χ4n) is 3.68. The van der Waals surface area contributed by atoms with Crippen molar-refractivity contribution in [2.24, 2.45) is 5.92 Å². The van der Waals surface area contributed by atoms with Gasteiger partial charge in [0.2, 0.25) is 15.9 Å². The Morgan fingerprint density at radius 1 is 1.03 bits per heavy atom. The molecule has 3 N–H and O–H groups in total. The molecule has 32 heavy (non-hydrogen) atoms. The van der Waals surface area contributed by atoms with Crippen LogP contribution < -0.4 is 20.1 Å². The van der Waals surface area contributed by atoms with Crippen molar-refractivity contribution in [3.63, 3.8) is 0 Å². The molecule has 1 saturated carbocycles. The minimum absolute atomic E-state index is 0.0252. The Morgan fingerprint density at radius 3 is 2.38 bits per heavy atom. The molecule has 2 aromatic rings. The standard InChI is InChI=1S/C23H29N3O5S/c1-16-7-12-21(20(15-16)31-2)32(29,30)25-14-13-24-22(27)18-8-10-19(11-9-18)26-23(28)17-5-3-4-6-17/h7-12,15,17,25H,3-6,13-14H2,1-2H3,(H,24,27)(H,26,28). The Labute approximate surface area is 188 Å². The molecule has 172 valence electrons. The number of hydrogen-bond donors (Lipinski definition) is 3. The van der Waals surface area contributed by atoms with Gasteiger partial charge in [0.25, 0.3) is 5.91 Å². The summed E-state index contributed by atoms with van der Waals surface area (Å²) in [6.45, 7) is 1.99. The number of ether oxygens (including phenoxy) is 1. The number of carbonyl (C=O) groups excluding carboxylic acids is 2. The van der Waals surface area contributed by atoms with Gasteiger partial charge in [0.05, 0.1) is 7.11 Å². The molecule has 0 atom stereocenters. The Kier molecular flexibility index (Phi) is 7.87. The minimum atomic E-state index is -3.77. The summed E-state index contributed by atoms with van der Waals surface area (Å²) in [5.41, 5.74) is 1.96. The van der Waals surface area contributed by atoms with Crippen LogP contribution in [0.25, 0.3) is 0 Å². The number of sulfonamides is 1. The third kappa shape index (κ3) is 6.08. The lowest BCUT2D eigenvalue weighted by atomic mass is 10.1. The molecular formula is C23H29N3O5S. The van der Waals surface area contributed by atoms with Crippen molar-refractivity contribution in [1.29, 1.82) is 0 Å². The molecule has 0 heterocycles. The fourth-order valence-corrected chi connectivity index (χ4v) is 4.86. The van der Waals surface area contributed by atoms with E-state index in [0.29, 0.717) is 11.3 Å². The molecule has 0 saturated heterocycles. The second-order valence-electron chi connectivity index (χ2n) is 7.86. The zero-order valence-electron chi connectivity index (χ0n) is 18.3. The third-order valence-corrected chi connectivity index (χ3v) is 6.95. The molecule has 0 spiro atoms. The number of methoxy groups -OCH3 is 1. The summed E-state index contributed by atoms with van der Waals surface area (Å²) in [7, 11) is -2.36. The summed E-state index contributed by atoms with van der Waals surface area (Å²) in [4.78, 5) is 24.6. The molecule has 1 aliphatic carbocycles. The van der Waals surface area contributed by atoms with Crippen molar-refractivity contribution in [3.05, 3.63) is 53.6 Å². The third-order valence-electron chi connectivity index (χ3n) is 5.45. The number of amides is 2. The van der Waals surface area contributed by atoms with E-state index in [1.165, 1.54) is 13.2 Å². The van der Waals surface area contributed by atoms with Crippen LogP contribution in [0.4, 0.5) is 5.69 Å². The molecule has 9 heteroatoms. The minimum Gasteiger partial charge on any atom is -0.495 e. The number of hydrogen-bond acceptors (Lipinski definition) is 5. The van der Waals surface area contributed by atoms with Gasteiger partial charge >= 0.3 is 0 Å². The molecule has 0 bridgehead atoms. The Morgan fingerprint density at radius 2 is 1.72 bits per heavy atom. The second-order valence-corrected chi connectivity index (χ2v) is 9.59. The summed E-state index contributed by atoms with van der Waals surface area (Å²) in [6.07, 6.45) is 4.03. The van der Waals surface area contributed by atoms with Gasteiger partial charge in [-0.3, -0.25) is 9.59 Å². The van der Waals surface area contributed by atoms with E-state index in [9.17, 15) is 18.0 Å². The van der Waals surface area contributed by atoms with Crippen LogP contribution in [0.1, 0.15) is 41.6 Å². The van der Waals surface area contributed by atoms with E-state index in [-0.39, 0.29) is 41.5 Å². The zero-order valence-corrected chi connectivity index (χ0v) is 19.1. The monoisotopic (exact) mass is 459 g/mol. The number of anilines is 1. The SMILES string of the molecule is COc1cc(C)ccc1S(=O)(=O)NCCNC(=O)c1ccc(NC(=O)C2CCCC2)cc1. The molecule has 0 radical (unpaired) electrons. The summed E-state index contributed by atoms with van der Waals surface area (Å²) in [5.74, 6) is 0.0336. The second kappa shape index (κ2) is 10.6. The average Bonchev–Trinajstić information content (AvgIpc) is 3.32. The highest BCUT2D eigenvalue weighted by atomic mass is 32.2. The van der Waals surface area contributed by atoms with Crippen molar-refractivity contribution in [3.8, 4) is 5.75 Å². The van der Waals surface area contributed by atoms with Crippen molar-refractivity contribution in [2.75, 3.05) is 25.5 Å². The molecule has 3 rings (SSSR count). The largest absolute Gasteiger partial charge is 0.495 e. The van der Waals surface area contributed by atoms with E-state index in [0.717, 1.165) is 31.2 Å². The first-order valence-electron chi connectivity index (χ1n) is 10.6. The van der Waals surface area contributed by atoms with Gasteiger partial charge in [-0.05, 0) is 61.7 Å². The van der Waals surface area contributed by atoms with Gasteiger partial charge in [0.1, 0.15) is 10.6 Å². The van der Waals surface area contributed by atoms with Gasteiger partial charge in [0.15, 0.2) is 0 Å². The van der Waals surface area contributed by atoms with E-state index >= 15 is 0 Å². The van der Waals surface area contributed by atoms with Crippen molar-refractivity contribution >= 4 is 27.5 Å². The van der Waals surface area contributed by atoms with Crippen LogP contribution >= 0.6 is 0 Å². The lowest BCUT2D eigenvalue weighted by Gasteiger charge is -2.12. The Balaban J connectivity index is 1.48. The molecule has 0 aromatic heterocycles. The molecule has 0 unspecified atom stereocenters. The topological polar surface area (TPSA) is 114 Å². The van der Waals surface area contributed by atoms with E-state index in [1.54, 1.807) is 36.4 Å². The molecular weight excluding hydrogens is 430 g/mol. The summed E-state index contributed by atoms with van der Waals surface area (Å²) < 4.78 is 32.7.